The van der Waals surface area contributed by atoms with Crippen molar-refractivity contribution in [3.63, 3.8) is 0 Å². The van der Waals surface area contributed by atoms with Gasteiger partial charge in [0.1, 0.15) is 5.76 Å². The highest BCUT2D eigenvalue weighted by atomic mass is 16.4. The lowest BCUT2D eigenvalue weighted by atomic mass is 9.99. The average molecular weight is 195 g/mol. The molecule has 1 aliphatic rings. The third-order valence-corrected chi connectivity index (χ3v) is 2.54. The van der Waals surface area contributed by atoms with Crippen molar-refractivity contribution in [1.29, 1.82) is 0 Å². The lowest BCUT2D eigenvalue weighted by molar-refractivity contribution is 0.153. The summed E-state index contributed by atoms with van der Waals surface area (Å²) >= 11 is 0. The van der Waals surface area contributed by atoms with Crippen molar-refractivity contribution in [3.05, 3.63) is 17.3 Å². The van der Waals surface area contributed by atoms with E-state index < -0.39 is 0 Å². The third-order valence-electron chi connectivity index (χ3n) is 2.54. The van der Waals surface area contributed by atoms with Crippen LogP contribution in [0.5, 0.6) is 0 Å². The van der Waals surface area contributed by atoms with Crippen LogP contribution >= 0.6 is 0 Å². The Bertz CT molecular complexity index is 317. The molecule has 0 bridgehead atoms. The minimum absolute atomic E-state index is 0.223. The van der Waals surface area contributed by atoms with Gasteiger partial charge in [0, 0.05) is 19.3 Å². The van der Waals surface area contributed by atoms with Crippen LogP contribution in [-0.2, 0) is 19.3 Å². The van der Waals surface area contributed by atoms with E-state index in [0.717, 1.165) is 36.6 Å². The van der Waals surface area contributed by atoms with Crippen molar-refractivity contribution in [2.45, 2.75) is 45.6 Å². The Labute approximate surface area is 84.2 Å². The van der Waals surface area contributed by atoms with E-state index in [4.69, 9.17) is 4.42 Å². The van der Waals surface area contributed by atoms with E-state index >= 15 is 0 Å². The second-order valence-corrected chi connectivity index (χ2v) is 4.47. The SMILES string of the molecule is CC(C)Cc1nc2c(o1)CCC(O)C2. The number of hydrogen-bond donors (Lipinski definition) is 1. The maximum absolute atomic E-state index is 9.47. The molecule has 1 aromatic rings. The monoisotopic (exact) mass is 195 g/mol. The summed E-state index contributed by atoms with van der Waals surface area (Å²) in [5.74, 6) is 2.39. The highest BCUT2D eigenvalue weighted by Crippen LogP contribution is 2.23. The molecular formula is C11H17NO2. The van der Waals surface area contributed by atoms with E-state index in [2.05, 4.69) is 18.8 Å². The normalized spacial score (nSPS) is 21.3. The molecule has 0 saturated heterocycles. The number of nitrogens with zero attached hydrogens (tertiary/aromatic N) is 1. The summed E-state index contributed by atoms with van der Waals surface area (Å²) in [6, 6.07) is 0. The van der Waals surface area contributed by atoms with Crippen LogP contribution in [0.4, 0.5) is 0 Å². The lowest BCUT2D eigenvalue weighted by Crippen LogP contribution is -2.17. The first-order chi connectivity index (χ1) is 6.65. The van der Waals surface area contributed by atoms with Gasteiger partial charge in [-0.3, -0.25) is 0 Å². The maximum atomic E-state index is 9.47. The molecule has 1 aromatic heterocycles. The summed E-state index contributed by atoms with van der Waals surface area (Å²) in [4.78, 5) is 4.41. The molecule has 78 valence electrons. The highest BCUT2D eigenvalue weighted by Gasteiger charge is 2.22. The molecule has 2 rings (SSSR count). The molecule has 0 spiro atoms. The number of fused-ring (bicyclic) bond motifs is 1. The van der Waals surface area contributed by atoms with Crippen LogP contribution in [-0.4, -0.2) is 16.2 Å². The first-order valence-electron chi connectivity index (χ1n) is 5.30. The number of oxazole rings is 1. The Balaban J connectivity index is 2.15. The molecule has 1 N–H and O–H groups in total. The number of aryl methyl sites for hydroxylation is 1. The predicted molar refractivity (Wildman–Crippen MR) is 53.1 cm³/mol. The standard InChI is InChI=1S/C11H17NO2/c1-7(2)5-11-12-9-6-8(13)3-4-10(9)14-11/h7-8,13H,3-6H2,1-2H3. The minimum atomic E-state index is -0.223. The van der Waals surface area contributed by atoms with Crippen LogP contribution in [0.2, 0.25) is 0 Å². The molecule has 1 aliphatic carbocycles. The van der Waals surface area contributed by atoms with Crippen LogP contribution < -0.4 is 0 Å². The van der Waals surface area contributed by atoms with Gasteiger partial charge in [0.05, 0.1) is 11.8 Å². The molecule has 14 heavy (non-hydrogen) atoms. The van der Waals surface area contributed by atoms with Crippen molar-refractivity contribution in [2.75, 3.05) is 0 Å². The molecule has 0 amide bonds. The van der Waals surface area contributed by atoms with Gasteiger partial charge in [0.15, 0.2) is 5.89 Å². The summed E-state index contributed by atoms with van der Waals surface area (Å²) in [5.41, 5.74) is 0.972. The van der Waals surface area contributed by atoms with Crippen LogP contribution in [0, 0.1) is 5.92 Å². The maximum Gasteiger partial charge on any atom is 0.194 e. The fraction of sp³-hybridized carbons (Fsp3) is 0.727. The topological polar surface area (TPSA) is 46.3 Å². The van der Waals surface area contributed by atoms with E-state index in [9.17, 15) is 5.11 Å². The van der Waals surface area contributed by atoms with E-state index in [1.54, 1.807) is 0 Å². The van der Waals surface area contributed by atoms with Crippen molar-refractivity contribution in [2.24, 2.45) is 5.92 Å². The fourth-order valence-electron chi connectivity index (χ4n) is 1.85. The molecule has 0 aromatic carbocycles. The second kappa shape index (κ2) is 3.73. The Kier molecular flexibility index (Phi) is 2.59. The van der Waals surface area contributed by atoms with Gasteiger partial charge >= 0.3 is 0 Å². The van der Waals surface area contributed by atoms with Gasteiger partial charge in [-0.25, -0.2) is 4.98 Å². The molecule has 1 unspecified atom stereocenters. The Morgan fingerprint density at radius 2 is 2.36 bits per heavy atom. The summed E-state index contributed by atoms with van der Waals surface area (Å²) in [6.45, 7) is 4.30. The number of rotatable bonds is 2. The Hall–Kier alpha value is -0.830. The van der Waals surface area contributed by atoms with Crippen LogP contribution in [0.25, 0.3) is 0 Å². The van der Waals surface area contributed by atoms with E-state index in [0.29, 0.717) is 12.3 Å². The molecule has 0 aliphatic heterocycles. The van der Waals surface area contributed by atoms with Crippen LogP contribution in [0.3, 0.4) is 0 Å². The van der Waals surface area contributed by atoms with E-state index in [1.807, 2.05) is 0 Å². The van der Waals surface area contributed by atoms with Crippen LogP contribution in [0.15, 0.2) is 4.42 Å². The zero-order valence-corrected chi connectivity index (χ0v) is 8.79. The molecule has 0 radical (unpaired) electrons. The number of aliphatic hydroxyl groups excluding tert-OH is 1. The van der Waals surface area contributed by atoms with Gasteiger partial charge in [-0.05, 0) is 12.3 Å². The predicted octanol–water partition coefficient (Wildman–Crippen LogP) is 1.72. The minimum Gasteiger partial charge on any atom is -0.445 e. The first-order valence-corrected chi connectivity index (χ1v) is 5.30. The second-order valence-electron chi connectivity index (χ2n) is 4.47. The van der Waals surface area contributed by atoms with Crippen molar-refractivity contribution in [3.8, 4) is 0 Å². The number of aromatic nitrogens is 1. The highest BCUT2D eigenvalue weighted by molar-refractivity contribution is 5.15. The smallest absolute Gasteiger partial charge is 0.194 e. The molecule has 1 atom stereocenters. The first kappa shape index (κ1) is 9.71. The zero-order valence-electron chi connectivity index (χ0n) is 8.79. The third kappa shape index (κ3) is 1.98. The van der Waals surface area contributed by atoms with Crippen molar-refractivity contribution in [1.82, 2.24) is 4.98 Å². The lowest BCUT2D eigenvalue weighted by Gasteiger charge is -2.13. The molecule has 3 heteroatoms. The van der Waals surface area contributed by atoms with Crippen molar-refractivity contribution < 1.29 is 9.52 Å². The van der Waals surface area contributed by atoms with Crippen molar-refractivity contribution >= 4 is 0 Å². The number of hydrogen-bond acceptors (Lipinski definition) is 3. The van der Waals surface area contributed by atoms with Gasteiger partial charge in [-0.15, -0.1) is 0 Å². The summed E-state index contributed by atoms with van der Waals surface area (Å²) in [5, 5.41) is 9.47. The largest absolute Gasteiger partial charge is 0.445 e. The van der Waals surface area contributed by atoms with Gasteiger partial charge in [0.25, 0.3) is 0 Å². The summed E-state index contributed by atoms with van der Waals surface area (Å²) in [6.07, 6.45) is 2.98. The molecule has 3 nitrogen and oxygen atoms in total. The fourth-order valence-corrected chi connectivity index (χ4v) is 1.85. The average Bonchev–Trinajstić information content (AvgIpc) is 2.44. The molecule has 1 heterocycles. The Morgan fingerprint density at radius 1 is 1.57 bits per heavy atom. The molecule has 0 fully saturated rings. The summed E-state index contributed by atoms with van der Waals surface area (Å²) < 4.78 is 5.64. The molecular weight excluding hydrogens is 178 g/mol. The van der Waals surface area contributed by atoms with Crippen LogP contribution in [0.1, 0.15) is 37.6 Å². The van der Waals surface area contributed by atoms with Gasteiger partial charge < -0.3 is 9.52 Å². The van der Waals surface area contributed by atoms with E-state index in [1.165, 1.54) is 0 Å². The quantitative estimate of drug-likeness (QED) is 0.781. The number of aliphatic hydroxyl groups is 1. The van der Waals surface area contributed by atoms with Gasteiger partial charge in [-0.1, -0.05) is 13.8 Å². The summed E-state index contributed by atoms with van der Waals surface area (Å²) in [7, 11) is 0. The molecule has 0 saturated carbocycles. The van der Waals surface area contributed by atoms with Gasteiger partial charge in [0.2, 0.25) is 0 Å². The van der Waals surface area contributed by atoms with Gasteiger partial charge in [-0.2, -0.15) is 0 Å². The Morgan fingerprint density at radius 3 is 3.07 bits per heavy atom. The van der Waals surface area contributed by atoms with E-state index in [-0.39, 0.29) is 6.10 Å². The zero-order chi connectivity index (χ0) is 10.1.